The van der Waals surface area contributed by atoms with Crippen molar-refractivity contribution in [2.45, 2.75) is 39.2 Å². The number of carbonyl (C=O) groups excluding carboxylic acids is 1. The van der Waals surface area contributed by atoms with Gasteiger partial charge in [-0.25, -0.2) is 9.52 Å². The van der Waals surface area contributed by atoms with Crippen LogP contribution >= 0.6 is 0 Å². The van der Waals surface area contributed by atoms with E-state index in [1.165, 1.54) is 0 Å². The van der Waals surface area contributed by atoms with Crippen LogP contribution in [0.2, 0.25) is 0 Å². The first-order valence-corrected chi connectivity index (χ1v) is 6.72. The zero-order valence-corrected chi connectivity index (χ0v) is 10.9. The fourth-order valence-electron chi connectivity index (χ4n) is 1.13. The van der Waals surface area contributed by atoms with Crippen LogP contribution in [0.3, 0.4) is 0 Å². The second-order valence-corrected chi connectivity index (χ2v) is 4.74. The van der Waals surface area contributed by atoms with Gasteiger partial charge in [-0.15, -0.1) is 0 Å². The minimum atomic E-state index is -4.09. The quantitative estimate of drug-likeness (QED) is 0.731. The Bertz CT molecular complexity index is 395. The maximum atomic E-state index is 11.5. The van der Waals surface area contributed by atoms with Gasteiger partial charge in [0.25, 0.3) is 0 Å². The molecule has 98 valence electrons. The Morgan fingerprint density at radius 3 is 2.24 bits per heavy atom. The molecule has 0 aliphatic heterocycles. The normalized spacial score (nSPS) is 11.6. The molecule has 0 aromatic heterocycles. The van der Waals surface area contributed by atoms with Crippen LogP contribution in [0.4, 0.5) is 4.79 Å². The average Bonchev–Trinajstić information content (AvgIpc) is 2.25. The van der Waals surface area contributed by atoms with E-state index in [0.29, 0.717) is 12.8 Å². The van der Waals surface area contributed by atoms with Crippen LogP contribution in [0.1, 0.15) is 33.6 Å². The van der Waals surface area contributed by atoms with Crippen molar-refractivity contribution in [3.05, 3.63) is 0 Å². The summed E-state index contributed by atoms with van der Waals surface area (Å²) in [6.07, 6.45) is -0.480. The predicted octanol–water partition coefficient (Wildman–Crippen LogP) is 0.649. The van der Waals surface area contributed by atoms with Gasteiger partial charge in [0.15, 0.2) is 0 Å². The molecule has 0 aromatic rings. The van der Waals surface area contributed by atoms with Gasteiger partial charge in [0.2, 0.25) is 0 Å². The lowest BCUT2D eigenvalue weighted by Crippen LogP contribution is -2.52. The second-order valence-electron chi connectivity index (χ2n) is 3.33. The van der Waals surface area contributed by atoms with E-state index in [2.05, 4.69) is 9.46 Å². The summed E-state index contributed by atoms with van der Waals surface area (Å²) in [6, 6.07) is 1.89. The number of nitrogens with one attached hydrogen (secondary N) is 2. The molecule has 7 nitrogen and oxygen atoms in total. The van der Waals surface area contributed by atoms with Gasteiger partial charge in [0.1, 0.15) is 5.54 Å². The number of hydrogen-bond acceptors (Lipinski definition) is 5. The third kappa shape index (κ3) is 5.01. The van der Waals surface area contributed by atoms with E-state index < -0.39 is 21.8 Å². The largest absolute Gasteiger partial charge is 0.449 e. The van der Waals surface area contributed by atoms with Crippen LogP contribution in [0.15, 0.2) is 0 Å². The van der Waals surface area contributed by atoms with Crippen molar-refractivity contribution in [3.63, 3.8) is 0 Å². The van der Waals surface area contributed by atoms with Crippen LogP contribution in [0.5, 0.6) is 0 Å². The molecular weight excluding hydrogens is 246 g/mol. The Kier molecular flexibility index (Phi) is 5.91. The first-order chi connectivity index (χ1) is 7.84. The molecule has 0 saturated heterocycles. The van der Waals surface area contributed by atoms with Gasteiger partial charge >= 0.3 is 16.3 Å². The highest BCUT2D eigenvalue weighted by molar-refractivity contribution is 7.88. The number of carbonyl (C=O) groups is 1. The zero-order valence-electron chi connectivity index (χ0n) is 10.1. The van der Waals surface area contributed by atoms with Crippen LogP contribution < -0.4 is 9.44 Å². The third-order valence-corrected chi connectivity index (χ3v) is 3.34. The van der Waals surface area contributed by atoms with Crippen molar-refractivity contribution < 1.29 is 17.9 Å². The Morgan fingerprint density at radius 2 is 1.88 bits per heavy atom. The van der Waals surface area contributed by atoms with Gasteiger partial charge in [0.05, 0.1) is 12.7 Å². The molecule has 0 aliphatic carbocycles. The SMILES string of the molecule is CCOC(=O)NS(=O)(=O)NC(C#N)(CC)CC. The molecule has 0 fully saturated rings. The van der Waals surface area contributed by atoms with Crippen LogP contribution in [0, 0.1) is 11.3 Å². The summed E-state index contributed by atoms with van der Waals surface area (Å²) in [6.45, 7) is 4.97. The summed E-state index contributed by atoms with van der Waals surface area (Å²) in [5, 5.41) is 8.96. The van der Waals surface area contributed by atoms with Gasteiger partial charge in [0, 0.05) is 0 Å². The van der Waals surface area contributed by atoms with E-state index in [1.807, 2.05) is 6.07 Å². The molecular formula is C9H17N3O4S. The van der Waals surface area contributed by atoms with Crippen molar-refractivity contribution >= 4 is 16.3 Å². The van der Waals surface area contributed by atoms with E-state index in [1.54, 1.807) is 25.5 Å². The maximum Gasteiger partial charge on any atom is 0.421 e. The third-order valence-electron chi connectivity index (χ3n) is 2.24. The minimum Gasteiger partial charge on any atom is -0.449 e. The minimum absolute atomic E-state index is 0.0618. The molecule has 1 amide bonds. The molecule has 17 heavy (non-hydrogen) atoms. The van der Waals surface area contributed by atoms with E-state index in [0.717, 1.165) is 0 Å². The Balaban J connectivity index is 4.76. The van der Waals surface area contributed by atoms with E-state index in [-0.39, 0.29) is 6.61 Å². The molecule has 8 heteroatoms. The summed E-state index contributed by atoms with van der Waals surface area (Å²) in [4.78, 5) is 11.0. The van der Waals surface area contributed by atoms with Gasteiger partial charge in [-0.1, -0.05) is 13.8 Å². The van der Waals surface area contributed by atoms with Crippen LogP contribution in [-0.4, -0.2) is 26.7 Å². The highest BCUT2D eigenvalue weighted by atomic mass is 32.2. The first kappa shape index (κ1) is 15.7. The predicted molar refractivity (Wildman–Crippen MR) is 61.1 cm³/mol. The van der Waals surface area contributed by atoms with E-state index in [9.17, 15) is 13.2 Å². The fraction of sp³-hybridized carbons (Fsp3) is 0.778. The topological polar surface area (TPSA) is 108 Å². The van der Waals surface area contributed by atoms with E-state index >= 15 is 0 Å². The molecule has 0 heterocycles. The Hall–Kier alpha value is -1.33. The summed E-state index contributed by atoms with van der Waals surface area (Å²) >= 11 is 0. The molecule has 0 bridgehead atoms. The molecule has 0 unspecified atom stereocenters. The van der Waals surface area contributed by atoms with Gasteiger partial charge < -0.3 is 4.74 Å². The molecule has 0 aliphatic rings. The van der Waals surface area contributed by atoms with E-state index in [4.69, 9.17) is 5.26 Å². The van der Waals surface area contributed by atoms with Crippen LogP contribution in [0.25, 0.3) is 0 Å². The highest BCUT2D eigenvalue weighted by Gasteiger charge is 2.32. The van der Waals surface area contributed by atoms with Crippen molar-refractivity contribution in [1.82, 2.24) is 9.44 Å². The van der Waals surface area contributed by atoms with Crippen LogP contribution in [-0.2, 0) is 14.9 Å². The lowest BCUT2D eigenvalue weighted by atomic mass is 9.97. The van der Waals surface area contributed by atoms with Crippen molar-refractivity contribution in [3.8, 4) is 6.07 Å². The second kappa shape index (κ2) is 6.42. The smallest absolute Gasteiger partial charge is 0.421 e. The van der Waals surface area contributed by atoms with Crippen molar-refractivity contribution in [1.29, 1.82) is 5.26 Å². The lowest BCUT2D eigenvalue weighted by Gasteiger charge is -2.24. The van der Waals surface area contributed by atoms with Crippen molar-refractivity contribution in [2.24, 2.45) is 0 Å². The van der Waals surface area contributed by atoms with Gasteiger partial charge in [-0.2, -0.15) is 18.4 Å². The number of ether oxygens (including phenoxy) is 1. The number of rotatable bonds is 6. The first-order valence-electron chi connectivity index (χ1n) is 5.24. The highest BCUT2D eigenvalue weighted by Crippen LogP contribution is 2.14. The average molecular weight is 263 g/mol. The fourth-order valence-corrected chi connectivity index (χ4v) is 2.31. The zero-order chi connectivity index (χ0) is 13.5. The molecule has 0 radical (unpaired) electrons. The molecule has 2 N–H and O–H groups in total. The van der Waals surface area contributed by atoms with Gasteiger partial charge in [-0.05, 0) is 19.8 Å². The Labute approximate surface area is 101 Å². The molecule has 0 rings (SSSR count). The number of nitriles is 1. The number of nitrogens with zero attached hydrogens (tertiary/aromatic N) is 1. The van der Waals surface area contributed by atoms with Gasteiger partial charge in [-0.3, -0.25) is 0 Å². The monoisotopic (exact) mass is 263 g/mol. The number of amides is 1. The van der Waals surface area contributed by atoms with Crippen molar-refractivity contribution in [2.75, 3.05) is 6.61 Å². The number of hydrogen-bond donors (Lipinski definition) is 2. The summed E-state index contributed by atoms with van der Waals surface area (Å²) < 4.78 is 31.3. The molecule has 0 saturated carbocycles. The summed E-state index contributed by atoms with van der Waals surface area (Å²) in [5.41, 5.74) is -1.21. The molecule has 0 spiro atoms. The standard InChI is InChI=1S/C9H17N3O4S/c1-4-9(5-2,7-10)12-17(14,15)11-8(13)16-6-3/h12H,4-6H2,1-3H3,(H,11,13). The maximum absolute atomic E-state index is 11.5. The summed E-state index contributed by atoms with van der Waals surface area (Å²) in [7, 11) is -4.09. The molecule has 0 atom stereocenters. The molecule has 0 aromatic carbocycles. The Morgan fingerprint density at radius 1 is 1.35 bits per heavy atom. The lowest BCUT2D eigenvalue weighted by molar-refractivity contribution is 0.158. The summed E-state index contributed by atoms with van der Waals surface area (Å²) in [5.74, 6) is 0.